The van der Waals surface area contributed by atoms with E-state index in [0.717, 1.165) is 0 Å². The highest BCUT2D eigenvalue weighted by atomic mass is 19.3. The molecule has 18 heavy (non-hydrogen) atoms. The summed E-state index contributed by atoms with van der Waals surface area (Å²) in [6, 6.07) is 1.34. The topological polar surface area (TPSA) is 74.4 Å². The van der Waals surface area contributed by atoms with Crippen LogP contribution in [0.2, 0.25) is 0 Å². The number of carbonyl (C=O) groups is 1. The number of nitrogens with two attached hydrogens (primary N) is 1. The Bertz CT molecular complexity index is 439. The van der Waals surface area contributed by atoms with Crippen LogP contribution in [0.1, 0.15) is 23.2 Å². The molecule has 0 radical (unpaired) electrons. The molecule has 7 heteroatoms. The molecule has 0 saturated heterocycles. The lowest BCUT2D eigenvalue weighted by atomic mass is 10.0. The van der Waals surface area contributed by atoms with E-state index >= 15 is 0 Å². The maximum Gasteiger partial charge on any atom is 0.311 e. The monoisotopic (exact) mass is 260 g/mol. The summed E-state index contributed by atoms with van der Waals surface area (Å²) < 4.78 is 35.3. The number of alkyl halides is 2. The number of esters is 1. The third-order valence-electron chi connectivity index (χ3n) is 2.39. The number of rotatable bonds is 5. The number of aromatic nitrogens is 1. The Morgan fingerprint density at radius 3 is 2.61 bits per heavy atom. The molecule has 0 bridgehead atoms. The minimum atomic E-state index is -2.76. The van der Waals surface area contributed by atoms with E-state index in [0.29, 0.717) is 0 Å². The molecule has 100 valence electrons. The predicted molar refractivity (Wildman–Crippen MR) is 59.4 cm³/mol. The number of methoxy groups -OCH3 is 2. The fraction of sp³-hybridized carbons (Fsp3) is 0.455. The number of carbonyl (C=O) groups excluding carboxylic acids is 1. The van der Waals surface area contributed by atoms with Crippen molar-refractivity contribution in [3.63, 3.8) is 0 Å². The van der Waals surface area contributed by atoms with Gasteiger partial charge in [-0.15, -0.1) is 0 Å². The second-order valence-electron chi connectivity index (χ2n) is 3.44. The number of halogens is 2. The van der Waals surface area contributed by atoms with Crippen LogP contribution >= 0.6 is 0 Å². The quantitative estimate of drug-likeness (QED) is 0.805. The molecule has 0 aromatic carbocycles. The molecule has 0 unspecified atom stereocenters. The fourth-order valence-corrected chi connectivity index (χ4v) is 1.52. The van der Waals surface area contributed by atoms with Crippen molar-refractivity contribution in [2.75, 3.05) is 14.2 Å². The van der Waals surface area contributed by atoms with Gasteiger partial charge in [-0.2, -0.15) is 0 Å². The van der Waals surface area contributed by atoms with Crippen molar-refractivity contribution in [1.29, 1.82) is 0 Å². The summed E-state index contributed by atoms with van der Waals surface area (Å²) in [7, 11) is 2.53. The zero-order chi connectivity index (χ0) is 13.7. The summed E-state index contributed by atoms with van der Waals surface area (Å²) in [5.41, 5.74) is 5.21. The average molecular weight is 260 g/mol. The van der Waals surface area contributed by atoms with Gasteiger partial charge < -0.3 is 15.2 Å². The second kappa shape index (κ2) is 6.25. The van der Waals surface area contributed by atoms with E-state index in [1.165, 1.54) is 20.3 Å². The van der Waals surface area contributed by atoms with Crippen LogP contribution in [-0.4, -0.2) is 25.2 Å². The first-order chi connectivity index (χ1) is 8.53. The van der Waals surface area contributed by atoms with Crippen LogP contribution in [-0.2, 0) is 22.5 Å². The number of hydrogen-bond acceptors (Lipinski definition) is 5. The van der Waals surface area contributed by atoms with Crippen LogP contribution in [0.25, 0.3) is 0 Å². The number of hydrogen-bond donors (Lipinski definition) is 1. The molecule has 1 aromatic heterocycles. The Morgan fingerprint density at radius 1 is 1.50 bits per heavy atom. The predicted octanol–water partition coefficient (Wildman–Crippen LogP) is 1.20. The van der Waals surface area contributed by atoms with Crippen molar-refractivity contribution < 1.29 is 23.0 Å². The summed E-state index contributed by atoms with van der Waals surface area (Å²) >= 11 is 0. The Labute approximate surface area is 103 Å². The highest BCUT2D eigenvalue weighted by molar-refractivity contribution is 5.72. The van der Waals surface area contributed by atoms with Gasteiger partial charge in [-0.1, -0.05) is 0 Å². The maximum absolute atomic E-state index is 13.0. The molecule has 0 aliphatic carbocycles. The molecule has 0 aliphatic rings. The Morgan fingerprint density at radius 2 is 2.17 bits per heavy atom. The highest BCUT2D eigenvalue weighted by Crippen LogP contribution is 2.28. The SMILES string of the molecule is COC(=O)Cc1nc(OC)cc(CN)c1C(F)F. The summed E-state index contributed by atoms with van der Waals surface area (Å²) in [6.07, 6.45) is -3.11. The summed E-state index contributed by atoms with van der Waals surface area (Å²) in [5, 5.41) is 0. The van der Waals surface area contributed by atoms with Crippen LogP contribution in [0.3, 0.4) is 0 Å². The number of nitrogens with zero attached hydrogens (tertiary/aromatic N) is 1. The number of pyridine rings is 1. The molecule has 1 heterocycles. The van der Waals surface area contributed by atoms with Gasteiger partial charge in [0.25, 0.3) is 6.43 Å². The lowest BCUT2D eigenvalue weighted by Gasteiger charge is -2.13. The Balaban J connectivity index is 3.29. The lowest BCUT2D eigenvalue weighted by Crippen LogP contribution is -2.13. The van der Waals surface area contributed by atoms with Crippen LogP contribution < -0.4 is 10.5 Å². The largest absolute Gasteiger partial charge is 0.481 e. The molecule has 0 fully saturated rings. The van der Waals surface area contributed by atoms with Crippen molar-refractivity contribution >= 4 is 5.97 Å². The first kappa shape index (κ1) is 14.3. The van der Waals surface area contributed by atoms with Crippen molar-refractivity contribution in [3.8, 4) is 5.88 Å². The number of ether oxygens (including phenoxy) is 2. The zero-order valence-corrected chi connectivity index (χ0v) is 10.1. The second-order valence-corrected chi connectivity index (χ2v) is 3.44. The van der Waals surface area contributed by atoms with Crippen molar-refractivity contribution in [2.45, 2.75) is 19.4 Å². The normalized spacial score (nSPS) is 10.6. The van der Waals surface area contributed by atoms with Gasteiger partial charge in [0.15, 0.2) is 0 Å². The van der Waals surface area contributed by atoms with Crippen LogP contribution in [0.5, 0.6) is 5.88 Å². The van der Waals surface area contributed by atoms with Crippen molar-refractivity contribution in [1.82, 2.24) is 4.98 Å². The zero-order valence-electron chi connectivity index (χ0n) is 10.1. The smallest absolute Gasteiger partial charge is 0.311 e. The maximum atomic E-state index is 13.0. The van der Waals surface area contributed by atoms with E-state index in [4.69, 9.17) is 10.5 Å². The standard InChI is InChI=1S/C11H14F2N2O3/c1-17-8-3-6(5-14)10(11(12)13)7(15-8)4-9(16)18-2/h3,11H,4-5,14H2,1-2H3. The molecule has 0 spiro atoms. The molecule has 1 aromatic rings. The molecule has 2 N–H and O–H groups in total. The first-order valence-corrected chi connectivity index (χ1v) is 5.15. The van der Waals surface area contributed by atoms with Crippen LogP contribution in [0.4, 0.5) is 8.78 Å². The van der Waals surface area contributed by atoms with Gasteiger partial charge in [-0.05, 0) is 5.56 Å². The highest BCUT2D eigenvalue weighted by Gasteiger charge is 2.22. The van der Waals surface area contributed by atoms with Gasteiger partial charge in [0.1, 0.15) is 0 Å². The van der Waals surface area contributed by atoms with Crippen LogP contribution in [0.15, 0.2) is 6.07 Å². The van der Waals surface area contributed by atoms with Crippen molar-refractivity contribution in [2.24, 2.45) is 5.73 Å². The average Bonchev–Trinajstić information content (AvgIpc) is 2.36. The van der Waals surface area contributed by atoms with Gasteiger partial charge in [0, 0.05) is 18.2 Å². The van der Waals surface area contributed by atoms with E-state index in [9.17, 15) is 13.6 Å². The fourth-order valence-electron chi connectivity index (χ4n) is 1.52. The summed E-state index contributed by atoms with van der Waals surface area (Å²) in [4.78, 5) is 15.0. The van der Waals surface area contributed by atoms with Gasteiger partial charge in [0.2, 0.25) is 5.88 Å². The molecule has 0 saturated carbocycles. The van der Waals surface area contributed by atoms with Crippen LogP contribution in [0, 0.1) is 0 Å². The summed E-state index contributed by atoms with van der Waals surface area (Å²) in [6.45, 7) is -0.0905. The van der Waals surface area contributed by atoms with E-state index in [1.54, 1.807) is 0 Å². The third-order valence-corrected chi connectivity index (χ3v) is 2.39. The van der Waals surface area contributed by atoms with Gasteiger partial charge in [-0.25, -0.2) is 13.8 Å². The molecule has 0 amide bonds. The van der Waals surface area contributed by atoms with E-state index in [2.05, 4.69) is 9.72 Å². The summed E-state index contributed by atoms with van der Waals surface area (Å²) in [5.74, 6) is -0.514. The minimum Gasteiger partial charge on any atom is -0.481 e. The Hall–Kier alpha value is -1.76. The third kappa shape index (κ3) is 3.13. The first-order valence-electron chi connectivity index (χ1n) is 5.15. The van der Waals surface area contributed by atoms with E-state index < -0.39 is 12.4 Å². The van der Waals surface area contributed by atoms with E-state index in [1.807, 2.05) is 0 Å². The van der Waals surface area contributed by atoms with Gasteiger partial charge in [0.05, 0.1) is 26.3 Å². The Kier molecular flexibility index (Phi) is 4.96. The molecule has 0 atom stereocenters. The minimum absolute atomic E-state index is 0.0725. The molecule has 5 nitrogen and oxygen atoms in total. The van der Waals surface area contributed by atoms with Gasteiger partial charge >= 0.3 is 5.97 Å². The van der Waals surface area contributed by atoms with E-state index in [-0.39, 0.29) is 35.7 Å². The molecule has 1 rings (SSSR count). The molecular formula is C11H14F2N2O3. The lowest BCUT2D eigenvalue weighted by molar-refractivity contribution is -0.139. The van der Waals surface area contributed by atoms with Gasteiger partial charge in [-0.3, -0.25) is 4.79 Å². The van der Waals surface area contributed by atoms with Crippen molar-refractivity contribution in [3.05, 3.63) is 22.9 Å². The molecular weight excluding hydrogens is 246 g/mol. The molecule has 0 aliphatic heterocycles.